The average Bonchev–Trinajstić information content (AvgIpc) is 3.13. The lowest BCUT2D eigenvalue weighted by Gasteiger charge is -2.24. The summed E-state index contributed by atoms with van der Waals surface area (Å²) in [7, 11) is -2.21. The Morgan fingerprint density at radius 1 is 1.21 bits per heavy atom. The lowest BCUT2D eigenvalue weighted by atomic mass is 10.0. The Bertz CT molecular complexity index is 1020. The first-order chi connectivity index (χ1) is 13.7. The predicted molar refractivity (Wildman–Crippen MR) is 115 cm³/mol. The third-order valence-corrected chi connectivity index (χ3v) is 6.55. The molecule has 29 heavy (non-hydrogen) atoms. The maximum atomic E-state index is 12.6. The summed E-state index contributed by atoms with van der Waals surface area (Å²) in [5.74, 6) is 0.0360. The number of carbonyl (C=O) groups excluding carboxylic acids is 1. The lowest BCUT2D eigenvalue weighted by Crippen LogP contribution is -2.41. The molecule has 0 saturated carbocycles. The minimum atomic E-state index is -3.68. The molecular weight excluding hydrogens is 412 g/mol. The normalized spacial score (nSPS) is 14.2. The number of nitrogens with zero attached hydrogens (tertiary/aromatic N) is 1. The van der Waals surface area contributed by atoms with E-state index >= 15 is 0 Å². The van der Waals surface area contributed by atoms with Crippen molar-refractivity contribution in [3.63, 3.8) is 0 Å². The molecule has 6 nitrogen and oxygen atoms in total. The second-order valence-electron chi connectivity index (χ2n) is 7.26. The van der Waals surface area contributed by atoms with Crippen molar-refractivity contribution in [1.82, 2.24) is 5.32 Å². The molecule has 1 atom stereocenters. The molecule has 0 bridgehead atoms. The lowest BCUT2D eigenvalue weighted by molar-refractivity contribution is -0.120. The minimum Gasteiger partial charge on any atom is -0.495 e. The largest absolute Gasteiger partial charge is 0.495 e. The highest BCUT2D eigenvalue weighted by atomic mass is 35.5. The average molecular weight is 437 g/mol. The van der Waals surface area contributed by atoms with Gasteiger partial charge in [-0.3, -0.25) is 9.10 Å². The number of carbonyl (C=O) groups is 1. The molecular formula is C21H25ClN2O4S. The summed E-state index contributed by atoms with van der Waals surface area (Å²) in [4.78, 5) is 12.6. The zero-order valence-corrected chi connectivity index (χ0v) is 18.3. The highest BCUT2D eigenvalue weighted by Crippen LogP contribution is 2.30. The van der Waals surface area contributed by atoms with Gasteiger partial charge in [0, 0.05) is 0 Å². The van der Waals surface area contributed by atoms with Crippen LogP contribution in [0.3, 0.4) is 0 Å². The Morgan fingerprint density at radius 3 is 2.59 bits per heavy atom. The highest BCUT2D eigenvalue weighted by Gasteiger charge is 2.23. The summed E-state index contributed by atoms with van der Waals surface area (Å²) in [5.41, 5.74) is 4.01. The van der Waals surface area contributed by atoms with Crippen molar-refractivity contribution in [3.8, 4) is 5.75 Å². The van der Waals surface area contributed by atoms with E-state index in [4.69, 9.17) is 16.3 Å². The standard InChI is InChI=1S/C21H25ClN2O4S/c1-14(16-8-7-15-5-4-6-17(15)11-16)23-21(25)13-24(29(3,26)27)18-9-10-20(28-2)19(22)12-18/h7-12,14H,4-6,13H2,1-3H3,(H,23,25)/t14-/m1/s1. The second-order valence-corrected chi connectivity index (χ2v) is 9.57. The molecule has 2 aromatic carbocycles. The van der Waals surface area contributed by atoms with Gasteiger partial charge in [-0.25, -0.2) is 8.42 Å². The van der Waals surface area contributed by atoms with Crippen LogP contribution in [0, 0.1) is 0 Å². The van der Waals surface area contributed by atoms with E-state index in [0.717, 1.165) is 35.4 Å². The van der Waals surface area contributed by atoms with E-state index in [-0.39, 0.29) is 17.6 Å². The van der Waals surface area contributed by atoms with Gasteiger partial charge in [-0.15, -0.1) is 0 Å². The number of benzene rings is 2. The Hall–Kier alpha value is -2.25. The number of sulfonamides is 1. The first kappa shape index (κ1) is 21.5. The van der Waals surface area contributed by atoms with E-state index in [9.17, 15) is 13.2 Å². The summed E-state index contributed by atoms with van der Waals surface area (Å²) in [6.45, 7) is 1.56. The summed E-state index contributed by atoms with van der Waals surface area (Å²) in [6.07, 6.45) is 4.38. The molecule has 0 unspecified atom stereocenters. The molecule has 3 rings (SSSR count). The molecule has 0 aromatic heterocycles. The van der Waals surface area contributed by atoms with Gasteiger partial charge in [-0.05, 0) is 61.1 Å². The van der Waals surface area contributed by atoms with Crippen LogP contribution in [-0.2, 0) is 27.7 Å². The molecule has 2 aromatic rings. The van der Waals surface area contributed by atoms with Crippen molar-refractivity contribution in [1.29, 1.82) is 0 Å². The number of rotatable bonds is 7. The van der Waals surface area contributed by atoms with Crippen molar-refractivity contribution >= 4 is 33.2 Å². The monoisotopic (exact) mass is 436 g/mol. The van der Waals surface area contributed by atoms with Gasteiger partial charge in [0.15, 0.2) is 0 Å². The van der Waals surface area contributed by atoms with Gasteiger partial charge in [0.25, 0.3) is 0 Å². The summed E-state index contributed by atoms with van der Waals surface area (Å²) in [5, 5.41) is 3.16. The number of hydrogen-bond acceptors (Lipinski definition) is 4. The molecule has 0 radical (unpaired) electrons. The van der Waals surface area contributed by atoms with E-state index in [1.54, 1.807) is 12.1 Å². The van der Waals surface area contributed by atoms with Crippen molar-refractivity contribution in [2.45, 2.75) is 32.2 Å². The van der Waals surface area contributed by atoms with Crippen LogP contribution in [-0.4, -0.2) is 34.2 Å². The molecule has 1 amide bonds. The van der Waals surface area contributed by atoms with Crippen molar-refractivity contribution in [2.24, 2.45) is 0 Å². The van der Waals surface area contributed by atoms with Crippen LogP contribution < -0.4 is 14.4 Å². The molecule has 1 aliphatic rings. The third-order valence-electron chi connectivity index (χ3n) is 5.11. The van der Waals surface area contributed by atoms with Crippen molar-refractivity contribution in [2.75, 3.05) is 24.2 Å². The maximum absolute atomic E-state index is 12.6. The molecule has 8 heteroatoms. The number of halogens is 1. The first-order valence-electron chi connectivity index (χ1n) is 9.41. The Labute approximate surface area is 176 Å². The number of fused-ring (bicyclic) bond motifs is 1. The van der Waals surface area contributed by atoms with Gasteiger partial charge < -0.3 is 10.1 Å². The summed E-state index contributed by atoms with van der Waals surface area (Å²) >= 11 is 6.12. The fourth-order valence-electron chi connectivity index (χ4n) is 3.57. The van der Waals surface area contributed by atoms with Gasteiger partial charge in [-0.1, -0.05) is 29.8 Å². The highest BCUT2D eigenvalue weighted by molar-refractivity contribution is 7.92. The SMILES string of the molecule is COc1ccc(N(CC(=O)N[C@H](C)c2ccc3c(c2)CCC3)S(C)(=O)=O)cc1Cl. The number of hydrogen-bond donors (Lipinski definition) is 1. The van der Waals surface area contributed by atoms with E-state index in [2.05, 4.69) is 17.4 Å². The third kappa shape index (κ3) is 5.03. The van der Waals surface area contributed by atoms with E-state index < -0.39 is 15.9 Å². The van der Waals surface area contributed by atoms with Crippen LogP contribution in [0.5, 0.6) is 5.75 Å². The van der Waals surface area contributed by atoms with E-state index in [0.29, 0.717) is 11.4 Å². The fraction of sp³-hybridized carbons (Fsp3) is 0.381. The quantitative estimate of drug-likeness (QED) is 0.720. The number of amides is 1. The molecule has 0 aliphatic heterocycles. The summed E-state index contributed by atoms with van der Waals surface area (Å²) < 4.78 is 30.7. The smallest absolute Gasteiger partial charge is 0.241 e. The minimum absolute atomic E-state index is 0.228. The zero-order chi connectivity index (χ0) is 21.2. The van der Waals surface area contributed by atoms with Gasteiger partial charge in [0.2, 0.25) is 15.9 Å². The van der Waals surface area contributed by atoms with Gasteiger partial charge >= 0.3 is 0 Å². The zero-order valence-electron chi connectivity index (χ0n) is 16.7. The topological polar surface area (TPSA) is 75.7 Å². The molecule has 0 spiro atoms. The Kier molecular flexibility index (Phi) is 6.39. The molecule has 156 valence electrons. The van der Waals surface area contributed by atoms with Crippen LogP contribution in [0.15, 0.2) is 36.4 Å². The fourth-order valence-corrected chi connectivity index (χ4v) is 4.67. The van der Waals surface area contributed by atoms with Crippen molar-refractivity contribution < 1.29 is 17.9 Å². The number of aryl methyl sites for hydroxylation is 2. The van der Waals surface area contributed by atoms with Gasteiger partial charge in [0.1, 0.15) is 12.3 Å². The van der Waals surface area contributed by atoms with Crippen LogP contribution in [0.4, 0.5) is 5.69 Å². The number of ether oxygens (including phenoxy) is 1. The molecule has 0 saturated heterocycles. The Morgan fingerprint density at radius 2 is 1.93 bits per heavy atom. The van der Waals surface area contributed by atoms with Gasteiger partial charge in [0.05, 0.1) is 30.1 Å². The first-order valence-corrected chi connectivity index (χ1v) is 11.6. The molecule has 0 heterocycles. The maximum Gasteiger partial charge on any atom is 0.241 e. The van der Waals surface area contributed by atoms with Crippen LogP contribution >= 0.6 is 11.6 Å². The molecule has 0 fully saturated rings. The number of nitrogens with one attached hydrogen (secondary N) is 1. The van der Waals surface area contributed by atoms with Crippen LogP contribution in [0.2, 0.25) is 5.02 Å². The number of anilines is 1. The van der Waals surface area contributed by atoms with E-state index in [1.807, 2.05) is 13.0 Å². The predicted octanol–water partition coefficient (Wildman–Crippen LogP) is 3.48. The van der Waals surface area contributed by atoms with Crippen molar-refractivity contribution in [3.05, 3.63) is 58.1 Å². The second kappa shape index (κ2) is 8.63. The Balaban J connectivity index is 1.74. The molecule has 1 aliphatic carbocycles. The van der Waals surface area contributed by atoms with Gasteiger partial charge in [-0.2, -0.15) is 0 Å². The van der Waals surface area contributed by atoms with E-state index in [1.165, 1.54) is 24.3 Å². The molecule has 1 N–H and O–H groups in total. The van der Waals surface area contributed by atoms with Crippen LogP contribution in [0.25, 0.3) is 0 Å². The van der Waals surface area contributed by atoms with Crippen LogP contribution in [0.1, 0.15) is 36.1 Å². The number of methoxy groups -OCH3 is 1. The summed E-state index contributed by atoms with van der Waals surface area (Å²) in [6, 6.07) is 10.6.